The molecule has 3 rings (SSSR count). The number of hydrogen-bond acceptors (Lipinski definition) is 3. The Hall–Kier alpha value is -2.49. The zero-order chi connectivity index (χ0) is 21.7. The number of nitrogens with one attached hydrogen (secondary N) is 1. The van der Waals surface area contributed by atoms with E-state index in [1.165, 1.54) is 24.1 Å². The number of ether oxygens (including phenoxy) is 1. The van der Waals surface area contributed by atoms with Crippen LogP contribution in [0.25, 0.3) is 0 Å². The van der Waals surface area contributed by atoms with Gasteiger partial charge in [0.15, 0.2) is 6.10 Å². The molecule has 0 radical (unpaired) electrons. The van der Waals surface area contributed by atoms with Crippen LogP contribution in [-0.2, 0) is 4.79 Å². The molecule has 162 valence electrons. The van der Waals surface area contributed by atoms with Crippen molar-refractivity contribution < 1.29 is 9.53 Å². The van der Waals surface area contributed by atoms with Crippen molar-refractivity contribution in [2.24, 2.45) is 5.92 Å². The van der Waals surface area contributed by atoms with Gasteiger partial charge in [-0.15, -0.1) is 0 Å². The largest absolute Gasteiger partial charge is 0.480 e. The number of aryl methyl sites for hydroxylation is 2. The molecule has 0 aliphatic carbocycles. The van der Waals surface area contributed by atoms with E-state index in [1.54, 1.807) is 0 Å². The molecule has 1 heterocycles. The molecule has 2 aromatic carbocycles. The standard InChI is InChI=1S/C26H36N2O2/c1-6-24(30-25-12-7-19(3)17-20(25)4)26(29)27-21(5)22-8-10-23(11-9-22)28-15-13-18(2)14-16-28/h7-12,17-18,21,24H,6,13-16H2,1-5H3,(H,27,29). The summed E-state index contributed by atoms with van der Waals surface area (Å²) in [6.07, 6.45) is 2.64. The second-order valence-corrected chi connectivity index (χ2v) is 8.78. The number of carbonyl (C=O) groups is 1. The Morgan fingerprint density at radius 3 is 2.40 bits per heavy atom. The Morgan fingerprint density at radius 1 is 1.13 bits per heavy atom. The summed E-state index contributed by atoms with van der Waals surface area (Å²) in [5.74, 6) is 1.53. The van der Waals surface area contributed by atoms with E-state index in [9.17, 15) is 4.79 Å². The molecule has 1 aliphatic heterocycles. The molecule has 2 unspecified atom stereocenters. The third-order valence-electron chi connectivity index (χ3n) is 6.16. The van der Waals surface area contributed by atoms with Crippen LogP contribution < -0.4 is 15.0 Å². The van der Waals surface area contributed by atoms with Gasteiger partial charge in [-0.3, -0.25) is 4.79 Å². The maximum Gasteiger partial charge on any atom is 0.261 e. The third-order valence-corrected chi connectivity index (χ3v) is 6.16. The first-order chi connectivity index (χ1) is 14.4. The second-order valence-electron chi connectivity index (χ2n) is 8.78. The van der Waals surface area contributed by atoms with Crippen LogP contribution in [0.15, 0.2) is 42.5 Å². The summed E-state index contributed by atoms with van der Waals surface area (Å²) in [7, 11) is 0. The van der Waals surface area contributed by atoms with E-state index >= 15 is 0 Å². The molecule has 1 N–H and O–H groups in total. The normalized spacial score (nSPS) is 16.8. The highest BCUT2D eigenvalue weighted by Crippen LogP contribution is 2.25. The minimum absolute atomic E-state index is 0.0651. The summed E-state index contributed by atoms with van der Waals surface area (Å²) in [4.78, 5) is 15.3. The Bertz CT molecular complexity index is 839. The number of hydrogen-bond donors (Lipinski definition) is 1. The molecule has 4 nitrogen and oxygen atoms in total. The van der Waals surface area contributed by atoms with Gasteiger partial charge in [0.1, 0.15) is 5.75 Å². The van der Waals surface area contributed by atoms with Gasteiger partial charge in [0.05, 0.1) is 6.04 Å². The number of piperidine rings is 1. The number of nitrogens with zero attached hydrogens (tertiary/aromatic N) is 1. The Morgan fingerprint density at radius 2 is 1.80 bits per heavy atom. The van der Waals surface area contributed by atoms with Gasteiger partial charge in [-0.1, -0.05) is 43.7 Å². The molecule has 1 amide bonds. The van der Waals surface area contributed by atoms with Crippen LogP contribution >= 0.6 is 0 Å². The van der Waals surface area contributed by atoms with Gasteiger partial charge in [-0.25, -0.2) is 0 Å². The highest BCUT2D eigenvalue weighted by molar-refractivity contribution is 5.81. The Balaban J connectivity index is 1.59. The molecule has 0 aromatic heterocycles. The van der Waals surface area contributed by atoms with Crippen LogP contribution in [0.4, 0.5) is 5.69 Å². The van der Waals surface area contributed by atoms with Gasteiger partial charge in [0, 0.05) is 18.8 Å². The SMILES string of the molecule is CCC(Oc1ccc(C)cc1C)C(=O)NC(C)c1ccc(N2CCC(C)CC2)cc1. The molecule has 1 fully saturated rings. The maximum atomic E-state index is 12.8. The molecule has 30 heavy (non-hydrogen) atoms. The third kappa shape index (κ3) is 5.56. The van der Waals surface area contributed by atoms with Crippen molar-refractivity contribution >= 4 is 11.6 Å². The van der Waals surface area contributed by atoms with E-state index in [2.05, 4.69) is 54.4 Å². The molecule has 1 saturated heterocycles. The molecule has 4 heteroatoms. The van der Waals surface area contributed by atoms with Crippen molar-refractivity contribution in [3.05, 3.63) is 59.2 Å². The topological polar surface area (TPSA) is 41.6 Å². The molecule has 1 aliphatic rings. The average Bonchev–Trinajstić information content (AvgIpc) is 2.74. The van der Waals surface area contributed by atoms with Crippen molar-refractivity contribution in [3.8, 4) is 5.75 Å². The second kappa shape index (κ2) is 10.0. The predicted octanol–water partition coefficient (Wildman–Crippen LogP) is 5.57. The fourth-order valence-electron chi connectivity index (χ4n) is 4.04. The van der Waals surface area contributed by atoms with E-state index in [0.29, 0.717) is 6.42 Å². The number of carbonyl (C=O) groups excluding carboxylic acids is 1. The number of amides is 1. The fourth-order valence-corrected chi connectivity index (χ4v) is 4.04. The van der Waals surface area contributed by atoms with Gasteiger partial charge in [0.25, 0.3) is 5.91 Å². The molecular weight excluding hydrogens is 372 g/mol. The average molecular weight is 409 g/mol. The van der Waals surface area contributed by atoms with E-state index in [0.717, 1.165) is 35.9 Å². The summed E-state index contributed by atoms with van der Waals surface area (Å²) in [6, 6.07) is 14.6. The highest BCUT2D eigenvalue weighted by atomic mass is 16.5. The molecule has 0 bridgehead atoms. The van der Waals surface area contributed by atoms with E-state index < -0.39 is 6.10 Å². The van der Waals surface area contributed by atoms with Gasteiger partial charge >= 0.3 is 0 Å². The van der Waals surface area contributed by atoms with Crippen LogP contribution in [0, 0.1) is 19.8 Å². The predicted molar refractivity (Wildman–Crippen MR) is 124 cm³/mol. The lowest BCUT2D eigenvalue weighted by molar-refractivity contribution is -0.128. The smallest absolute Gasteiger partial charge is 0.261 e. The van der Waals surface area contributed by atoms with Gasteiger partial charge in [0.2, 0.25) is 0 Å². The van der Waals surface area contributed by atoms with Crippen LogP contribution in [-0.4, -0.2) is 25.1 Å². The first kappa shape index (κ1) is 22.2. The fraction of sp³-hybridized carbons (Fsp3) is 0.500. The van der Waals surface area contributed by atoms with E-state index in [4.69, 9.17) is 4.74 Å². The number of anilines is 1. The molecule has 2 aromatic rings. The van der Waals surface area contributed by atoms with Crippen molar-refractivity contribution in [2.45, 2.75) is 66.0 Å². The van der Waals surface area contributed by atoms with Crippen LogP contribution in [0.5, 0.6) is 5.75 Å². The lowest BCUT2D eigenvalue weighted by Crippen LogP contribution is -2.39. The summed E-state index contributed by atoms with van der Waals surface area (Å²) in [5, 5.41) is 3.13. The van der Waals surface area contributed by atoms with Crippen LogP contribution in [0.3, 0.4) is 0 Å². The quantitative estimate of drug-likeness (QED) is 0.651. The zero-order valence-electron chi connectivity index (χ0n) is 19.1. The first-order valence-electron chi connectivity index (χ1n) is 11.3. The van der Waals surface area contributed by atoms with Crippen molar-refractivity contribution in [1.82, 2.24) is 5.32 Å². The monoisotopic (exact) mass is 408 g/mol. The summed E-state index contributed by atoms with van der Waals surface area (Å²) >= 11 is 0. The number of benzene rings is 2. The number of rotatable bonds is 7. The summed E-state index contributed by atoms with van der Waals surface area (Å²) in [6.45, 7) is 12.7. The van der Waals surface area contributed by atoms with E-state index in [-0.39, 0.29) is 11.9 Å². The first-order valence-corrected chi connectivity index (χ1v) is 11.3. The molecule has 0 saturated carbocycles. The van der Waals surface area contributed by atoms with Gasteiger partial charge in [-0.2, -0.15) is 0 Å². The molecule has 2 atom stereocenters. The minimum Gasteiger partial charge on any atom is -0.480 e. The lowest BCUT2D eigenvalue weighted by Gasteiger charge is -2.32. The van der Waals surface area contributed by atoms with Crippen molar-refractivity contribution in [2.75, 3.05) is 18.0 Å². The van der Waals surface area contributed by atoms with Gasteiger partial charge in [-0.05, 0) is 75.3 Å². The van der Waals surface area contributed by atoms with Crippen molar-refractivity contribution in [1.29, 1.82) is 0 Å². The van der Waals surface area contributed by atoms with E-state index in [1.807, 2.05) is 32.9 Å². The highest BCUT2D eigenvalue weighted by Gasteiger charge is 2.22. The van der Waals surface area contributed by atoms with Gasteiger partial charge < -0.3 is 15.0 Å². The Kier molecular flexibility index (Phi) is 7.41. The maximum absolute atomic E-state index is 12.8. The Labute approximate surface area is 181 Å². The molecule has 0 spiro atoms. The summed E-state index contributed by atoms with van der Waals surface area (Å²) in [5.41, 5.74) is 4.62. The minimum atomic E-state index is -0.497. The zero-order valence-corrected chi connectivity index (χ0v) is 19.1. The lowest BCUT2D eigenvalue weighted by atomic mass is 9.98. The summed E-state index contributed by atoms with van der Waals surface area (Å²) < 4.78 is 6.04. The molecular formula is C26H36N2O2. The van der Waals surface area contributed by atoms with Crippen LogP contribution in [0.2, 0.25) is 0 Å². The van der Waals surface area contributed by atoms with Crippen LogP contribution in [0.1, 0.15) is 62.8 Å². The van der Waals surface area contributed by atoms with Crippen molar-refractivity contribution in [3.63, 3.8) is 0 Å².